The van der Waals surface area contributed by atoms with Gasteiger partial charge in [-0.3, -0.25) is 14.5 Å². The van der Waals surface area contributed by atoms with Gasteiger partial charge in [0.15, 0.2) is 0 Å². The molecule has 29 heavy (non-hydrogen) atoms. The number of thiophene rings is 1. The van der Waals surface area contributed by atoms with E-state index in [2.05, 4.69) is 4.72 Å². The van der Waals surface area contributed by atoms with Crippen LogP contribution >= 0.6 is 11.3 Å². The van der Waals surface area contributed by atoms with Crippen LogP contribution in [-0.4, -0.2) is 25.1 Å². The first-order chi connectivity index (χ1) is 13.9. The van der Waals surface area contributed by atoms with Gasteiger partial charge in [0.05, 0.1) is 23.3 Å². The van der Waals surface area contributed by atoms with E-state index >= 15 is 0 Å². The van der Waals surface area contributed by atoms with Crippen molar-refractivity contribution in [2.45, 2.75) is 50.6 Å². The molecule has 1 aliphatic heterocycles. The number of hydrogen-bond donors (Lipinski definition) is 1. The second kappa shape index (κ2) is 8.01. The summed E-state index contributed by atoms with van der Waals surface area (Å²) in [7, 11) is -3.70. The summed E-state index contributed by atoms with van der Waals surface area (Å²) in [4.78, 5) is 27.9. The van der Waals surface area contributed by atoms with Gasteiger partial charge in [0.1, 0.15) is 0 Å². The summed E-state index contributed by atoms with van der Waals surface area (Å²) in [6, 6.07) is 8.85. The number of nitrogens with zero attached hydrogens (tertiary/aromatic N) is 1. The predicted molar refractivity (Wildman–Crippen MR) is 111 cm³/mol. The molecule has 0 bridgehead atoms. The van der Waals surface area contributed by atoms with Crippen molar-refractivity contribution in [3.05, 3.63) is 51.7 Å². The number of fused-ring (bicyclic) bond motifs is 1. The lowest BCUT2D eigenvalue weighted by atomic mass is 9.81. The molecule has 2 fully saturated rings. The van der Waals surface area contributed by atoms with Gasteiger partial charge in [-0.2, -0.15) is 0 Å². The van der Waals surface area contributed by atoms with Crippen molar-refractivity contribution in [2.75, 3.05) is 0 Å². The Labute approximate surface area is 175 Å². The van der Waals surface area contributed by atoms with Gasteiger partial charge in [0.25, 0.3) is 0 Å². The van der Waals surface area contributed by atoms with Crippen molar-refractivity contribution >= 4 is 33.2 Å². The Hall–Kier alpha value is -2.03. The Balaban J connectivity index is 1.54. The number of likely N-dealkylation sites (tertiary alicyclic amines) is 1. The minimum atomic E-state index is -3.70. The molecule has 2 aromatic rings. The molecule has 1 N–H and O–H groups in total. The van der Waals surface area contributed by atoms with Crippen molar-refractivity contribution in [1.82, 2.24) is 9.62 Å². The van der Waals surface area contributed by atoms with E-state index in [1.54, 1.807) is 25.1 Å². The number of carbonyl (C=O) groups is 2. The minimum Gasteiger partial charge on any atom is -0.278 e. The van der Waals surface area contributed by atoms with E-state index in [0.29, 0.717) is 11.1 Å². The summed E-state index contributed by atoms with van der Waals surface area (Å²) in [5.41, 5.74) is 1.27. The van der Waals surface area contributed by atoms with Gasteiger partial charge in [-0.05, 0) is 48.4 Å². The van der Waals surface area contributed by atoms with Crippen LogP contribution in [0.4, 0.5) is 0 Å². The summed E-state index contributed by atoms with van der Waals surface area (Å²) in [6.45, 7) is 2.10. The van der Waals surface area contributed by atoms with Gasteiger partial charge in [-0.15, -0.1) is 11.3 Å². The van der Waals surface area contributed by atoms with Crippen LogP contribution in [0, 0.1) is 18.8 Å². The number of imide groups is 1. The number of sulfonamides is 1. The second-order valence-corrected chi connectivity index (χ2v) is 10.5. The first-order valence-corrected chi connectivity index (χ1v) is 12.2. The van der Waals surface area contributed by atoms with E-state index in [9.17, 15) is 18.0 Å². The molecular weight excluding hydrogens is 408 g/mol. The van der Waals surface area contributed by atoms with Gasteiger partial charge < -0.3 is 0 Å². The zero-order valence-corrected chi connectivity index (χ0v) is 17.9. The molecule has 1 saturated heterocycles. The number of nitrogens with one attached hydrogen (secondary N) is 1. The highest BCUT2D eigenvalue weighted by Crippen LogP contribution is 2.38. The molecule has 8 heteroatoms. The highest BCUT2D eigenvalue weighted by molar-refractivity contribution is 7.89. The van der Waals surface area contributed by atoms with E-state index in [1.807, 2.05) is 17.5 Å². The molecule has 0 unspecified atom stereocenters. The number of carbonyl (C=O) groups excluding carboxylic acids is 2. The molecule has 2 aliphatic rings. The summed E-state index contributed by atoms with van der Waals surface area (Å²) in [6.07, 6.45) is 3.51. The maximum absolute atomic E-state index is 12.8. The van der Waals surface area contributed by atoms with Crippen LogP contribution in [0.2, 0.25) is 0 Å². The zero-order valence-electron chi connectivity index (χ0n) is 16.3. The van der Waals surface area contributed by atoms with Crippen LogP contribution in [0.5, 0.6) is 0 Å². The molecule has 154 valence electrons. The SMILES string of the molecule is Cc1ccc(CN2C(=O)[C@H]3CCCC[C@@H]3C2=O)cc1S(=O)(=O)NCc1cccs1. The average molecular weight is 433 g/mol. The fourth-order valence-electron chi connectivity index (χ4n) is 4.26. The predicted octanol–water partition coefficient (Wildman–Crippen LogP) is 3.21. The maximum atomic E-state index is 12.8. The lowest BCUT2D eigenvalue weighted by molar-refractivity contribution is -0.140. The lowest BCUT2D eigenvalue weighted by Gasteiger charge is -2.19. The second-order valence-electron chi connectivity index (χ2n) is 7.76. The average Bonchev–Trinajstić information content (AvgIpc) is 3.31. The number of amides is 2. The molecular formula is C21H24N2O4S2. The third kappa shape index (κ3) is 4.01. The van der Waals surface area contributed by atoms with Crippen LogP contribution in [0.15, 0.2) is 40.6 Å². The van der Waals surface area contributed by atoms with Crippen molar-refractivity contribution in [3.8, 4) is 0 Å². The van der Waals surface area contributed by atoms with Crippen LogP contribution in [0.1, 0.15) is 41.7 Å². The van der Waals surface area contributed by atoms with E-state index in [-0.39, 0.29) is 41.6 Å². The Morgan fingerprint density at radius 2 is 1.79 bits per heavy atom. The smallest absolute Gasteiger partial charge is 0.241 e. The van der Waals surface area contributed by atoms with Gasteiger partial charge in [-0.25, -0.2) is 13.1 Å². The fraction of sp³-hybridized carbons (Fsp3) is 0.429. The molecule has 1 aliphatic carbocycles. The fourth-order valence-corrected chi connectivity index (χ4v) is 6.29. The van der Waals surface area contributed by atoms with E-state index < -0.39 is 10.0 Å². The van der Waals surface area contributed by atoms with Gasteiger partial charge >= 0.3 is 0 Å². The van der Waals surface area contributed by atoms with Crippen molar-refractivity contribution in [3.63, 3.8) is 0 Å². The molecule has 2 atom stereocenters. The van der Waals surface area contributed by atoms with Gasteiger partial charge in [-0.1, -0.05) is 31.0 Å². The number of benzene rings is 1. The van der Waals surface area contributed by atoms with Crippen molar-refractivity contribution in [1.29, 1.82) is 0 Å². The standard InChI is InChI=1S/C21H24N2O4S2/c1-14-8-9-15(11-19(14)29(26,27)22-12-16-5-4-10-28-16)13-23-20(24)17-6-2-3-7-18(17)21(23)25/h4-5,8-11,17-18,22H,2-3,6-7,12-13H2,1H3/t17-,18-/m0/s1. The van der Waals surface area contributed by atoms with E-state index in [0.717, 1.165) is 30.6 Å². The van der Waals surface area contributed by atoms with Crippen molar-refractivity contribution < 1.29 is 18.0 Å². The largest absolute Gasteiger partial charge is 0.278 e. The molecule has 2 heterocycles. The number of aryl methyl sites for hydroxylation is 1. The van der Waals surface area contributed by atoms with Gasteiger partial charge in [0.2, 0.25) is 21.8 Å². The maximum Gasteiger partial charge on any atom is 0.241 e. The van der Waals surface area contributed by atoms with Crippen LogP contribution < -0.4 is 4.72 Å². The summed E-state index contributed by atoms with van der Waals surface area (Å²) in [5, 5.41) is 1.90. The molecule has 6 nitrogen and oxygen atoms in total. The highest BCUT2D eigenvalue weighted by Gasteiger charge is 2.47. The molecule has 4 rings (SSSR count). The Morgan fingerprint density at radius 1 is 1.10 bits per heavy atom. The van der Waals surface area contributed by atoms with Crippen LogP contribution in [0.3, 0.4) is 0 Å². The third-order valence-corrected chi connectivity index (χ3v) is 8.25. The monoisotopic (exact) mass is 432 g/mol. The number of rotatable bonds is 6. The van der Waals surface area contributed by atoms with E-state index in [4.69, 9.17) is 0 Å². The minimum absolute atomic E-state index is 0.111. The van der Waals surface area contributed by atoms with Crippen LogP contribution in [-0.2, 0) is 32.7 Å². The molecule has 1 aromatic heterocycles. The highest BCUT2D eigenvalue weighted by atomic mass is 32.2. The normalized spacial score (nSPS) is 22.2. The molecule has 0 spiro atoms. The molecule has 1 aromatic carbocycles. The number of hydrogen-bond acceptors (Lipinski definition) is 5. The topological polar surface area (TPSA) is 83.6 Å². The molecule has 0 radical (unpaired) electrons. The quantitative estimate of drug-likeness (QED) is 0.711. The summed E-state index contributed by atoms with van der Waals surface area (Å²) in [5.74, 6) is -0.615. The summed E-state index contributed by atoms with van der Waals surface area (Å²) >= 11 is 1.49. The molecule has 2 amide bonds. The van der Waals surface area contributed by atoms with Crippen molar-refractivity contribution in [2.24, 2.45) is 11.8 Å². The Morgan fingerprint density at radius 3 is 2.41 bits per heavy atom. The van der Waals surface area contributed by atoms with Gasteiger partial charge in [0, 0.05) is 11.4 Å². The lowest BCUT2D eigenvalue weighted by Crippen LogP contribution is -2.30. The third-order valence-electron chi connectivity index (χ3n) is 5.83. The first kappa shape index (κ1) is 20.3. The summed E-state index contributed by atoms with van der Waals surface area (Å²) < 4.78 is 28.3. The van der Waals surface area contributed by atoms with Crippen LogP contribution in [0.25, 0.3) is 0 Å². The van der Waals surface area contributed by atoms with E-state index in [1.165, 1.54) is 16.2 Å². The Bertz CT molecular complexity index is 1010. The first-order valence-electron chi connectivity index (χ1n) is 9.83. The Kier molecular flexibility index (Phi) is 5.59. The molecule has 1 saturated carbocycles. The zero-order chi connectivity index (χ0) is 20.6.